The Morgan fingerprint density at radius 1 is 1.26 bits per heavy atom. The minimum atomic E-state index is 0.592. The summed E-state index contributed by atoms with van der Waals surface area (Å²) in [7, 11) is 0. The zero-order valence-electron chi connectivity index (χ0n) is 10.5. The number of hydrogen-bond acceptors (Lipinski definition) is 3. The predicted octanol–water partition coefficient (Wildman–Crippen LogP) is 2.79. The Hall–Kier alpha value is -2.80. The third-order valence-corrected chi connectivity index (χ3v) is 3.06. The van der Waals surface area contributed by atoms with Crippen LogP contribution < -0.4 is 5.73 Å². The Balaban J connectivity index is 2.40. The van der Waals surface area contributed by atoms with Crippen molar-refractivity contribution in [2.24, 2.45) is 0 Å². The molecule has 0 aliphatic heterocycles. The van der Waals surface area contributed by atoms with E-state index in [1.54, 1.807) is 6.07 Å². The van der Waals surface area contributed by atoms with Crippen LogP contribution >= 0.6 is 0 Å². The summed E-state index contributed by atoms with van der Waals surface area (Å²) < 4.78 is 1.86. The fraction of sp³-hybridized carbons (Fsp3) is 0.0667. The molecule has 3 aromatic rings. The number of hydrogen-bond donors (Lipinski definition) is 1. The van der Waals surface area contributed by atoms with Crippen LogP contribution in [0.25, 0.3) is 16.6 Å². The maximum atomic E-state index is 9.15. The molecule has 4 heteroatoms. The molecule has 2 heterocycles. The average molecular weight is 248 g/mol. The van der Waals surface area contributed by atoms with Gasteiger partial charge in [0.25, 0.3) is 0 Å². The molecular weight excluding hydrogens is 236 g/mol. The number of aromatic nitrogens is 2. The molecule has 19 heavy (non-hydrogen) atoms. The summed E-state index contributed by atoms with van der Waals surface area (Å²) >= 11 is 0. The SMILES string of the molecule is Cc1cc(-n2cccc2C#N)c2cc(N)ccc2n1. The number of nitrogen functional groups attached to an aromatic ring is 1. The summed E-state index contributed by atoms with van der Waals surface area (Å²) in [4.78, 5) is 4.49. The second-order valence-electron chi connectivity index (χ2n) is 4.43. The molecular formula is C15H12N4. The maximum absolute atomic E-state index is 9.15. The number of benzene rings is 1. The molecule has 0 saturated carbocycles. The van der Waals surface area contributed by atoms with E-state index >= 15 is 0 Å². The van der Waals surface area contributed by atoms with Crippen LogP contribution in [0, 0.1) is 18.3 Å². The van der Waals surface area contributed by atoms with E-state index in [2.05, 4.69) is 11.1 Å². The van der Waals surface area contributed by atoms with Gasteiger partial charge in [0.05, 0.1) is 11.2 Å². The predicted molar refractivity (Wildman–Crippen MR) is 74.9 cm³/mol. The van der Waals surface area contributed by atoms with Crippen molar-refractivity contribution >= 4 is 16.6 Å². The molecule has 0 aliphatic carbocycles. The van der Waals surface area contributed by atoms with Crippen LogP contribution in [0.3, 0.4) is 0 Å². The second-order valence-corrected chi connectivity index (χ2v) is 4.43. The summed E-state index contributed by atoms with van der Waals surface area (Å²) in [5, 5.41) is 10.1. The molecule has 0 radical (unpaired) electrons. The first-order valence-corrected chi connectivity index (χ1v) is 5.94. The molecule has 92 valence electrons. The minimum absolute atomic E-state index is 0.592. The van der Waals surface area contributed by atoms with Crippen molar-refractivity contribution in [3.8, 4) is 11.8 Å². The molecule has 0 atom stereocenters. The smallest absolute Gasteiger partial charge is 0.124 e. The van der Waals surface area contributed by atoms with Gasteiger partial charge in [-0.2, -0.15) is 5.26 Å². The van der Waals surface area contributed by atoms with Gasteiger partial charge in [0.15, 0.2) is 0 Å². The Morgan fingerprint density at radius 3 is 2.89 bits per heavy atom. The third-order valence-electron chi connectivity index (χ3n) is 3.06. The Kier molecular flexibility index (Phi) is 2.46. The van der Waals surface area contributed by atoms with Gasteiger partial charge in [-0.25, -0.2) is 0 Å². The zero-order chi connectivity index (χ0) is 13.4. The van der Waals surface area contributed by atoms with E-state index < -0.39 is 0 Å². The number of rotatable bonds is 1. The van der Waals surface area contributed by atoms with Crippen molar-refractivity contribution in [1.82, 2.24) is 9.55 Å². The lowest BCUT2D eigenvalue weighted by Crippen LogP contribution is -1.99. The normalized spacial score (nSPS) is 10.5. The maximum Gasteiger partial charge on any atom is 0.124 e. The summed E-state index contributed by atoms with van der Waals surface area (Å²) in [6.07, 6.45) is 1.87. The first-order valence-electron chi connectivity index (χ1n) is 5.94. The van der Waals surface area contributed by atoms with Gasteiger partial charge in [0, 0.05) is 23.0 Å². The van der Waals surface area contributed by atoms with E-state index in [1.165, 1.54) is 0 Å². The number of nitrogens with zero attached hydrogens (tertiary/aromatic N) is 3. The Morgan fingerprint density at radius 2 is 2.11 bits per heavy atom. The topological polar surface area (TPSA) is 67.6 Å². The standard InChI is InChI=1S/C15H12N4/c1-10-7-15(19-6-2-3-12(19)9-16)13-8-11(17)4-5-14(13)18-10/h2-8H,17H2,1H3. The second kappa shape index (κ2) is 4.14. The fourth-order valence-corrected chi connectivity index (χ4v) is 2.24. The molecule has 1 aromatic carbocycles. The Bertz CT molecular complexity index is 809. The molecule has 0 spiro atoms. The quantitative estimate of drug-likeness (QED) is 0.673. The van der Waals surface area contributed by atoms with E-state index in [1.807, 2.05) is 48.0 Å². The molecule has 0 amide bonds. The average Bonchev–Trinajstić information content (AvgIpc) is 2.86. The van der Waals surface area contributed by atoms with Crippen molar-refractivity contribution in [2.45, 2.75) is 6.92 Å². The highest BCUT2D eigenvalue weighted by atomic mass is 15.0. The summed E-state index contributed by atoms with van der Waals surface area (Å²) in [5.41, 5.74) is 9.84. The van der Waals surface area contributed by atoms with E-state index in [4.69, 9.17) is 11.0 Å². The van der Waals surface area contributed by atoms with Gasteiger partial charge in [-0.1, -0.05) is 0 Å². The van der Waals surface area contributed by atoms with Gasteiger partial charge in [0.1, 0.15) is 11.8 Å². The van der Waals surface area contributed by atoms with Crippen molar-refractivity contribution in [3.05, 3.63) is 54.0 Å². The van der Waals surface area contributed by atoms with Crippen LogP contribution in [0.2, 0.25) is 0 Å². The molecule has 0 bridgehead atoms. The lowest BCUT2D eigenvalue weighted by Gasteiger charge is -2.10. The number of anilines is 1. The number of fused-ring (bicyclic) bond motifs is 1. The van der Waals surface area contributed by atoms with Crippen molar-refractivity contribution in [1.29, 1.82) is 5.26 Å². The van der Waals surface area contributed by atoms with Gasteiger partial charge < -0.3 is 10.3 Å². The molecule has 4 nitrogen and oxygen atoms in total. The van der Waals surface area contributed by atoms with E-state index in [0.29, 0.717) is 11.4 Å². The first kappa shape index (κ1) is 11.3. The minimum Gasteiger partial charge on any atom is -0.399 e. The molecule has 2 N–H and O–H groups in total. The van der Waals surface area contributed by atoms with Crippen molar-refractivity contribution < 1.29 is 0 Å². The molecule has 2 aromatic heterocycles. The van der Waals surface area contributed by atoms with Gasteiger partial charge in [-0.3, -0.25) is 4.98 Å². The zero-order valence-corrected chi connectivity index (χ0v) is 10.5. The van der Waals surface area contributed by atoms with Crippen LogP contribution in [0.15, 0.2) is 42.6 Å². The van der Waals surface area contributed by atoms with Crippen LogP contribution in [-0.2, 0) is 0 Å². The Labute approximate surface area is 110 Å². The lowest BCUT2D eigenvalue weighted by atomic mass is 10.1. The highest BCUT2D eigenvalue weighted by molar-refractivity contribution is 5.90. The van der Waals surface area contributed by atoms with Crippen LogP contribution in [0.5, 0.6) is 0 Å². The largest absolute Gasteiger partial charge is 0.399 e. The van der Waals surface area contributed by atoms with Crippen LogP contribution in [0.1, 0.15) is 11.4 Å². The van der Waals surface area contributed by atoms with Crippen LogP contribution in [0.4, 0.5) is 5.69 Å². The number of nitriles is 1. The highest BCUT2D eigenvalue weighted by Gasteiger charge is 2.09. The summed E-state index contributed by atoms with van der Waals surface area (Å²) in [5.74, 6) is 0. The number of pyridine rings is 1. The lowest BCUT2D eigenvalue weighted by molar-refractivity contribution is 1.05. The van der Waals surface area contributed by atoms with E-state index in [-0.39, 0.29) is 0 Å². The van der Waals surface area contributed by atoms with Crippen molar-refractivity contribution in [2.75, 3.05) is 5.73 Å². The highest BCUT2D eigenvalue weighted by Crippen LogP contribution is 2.25. The van der Waals surface area contributed by atoms with Crippen LogP contribution in [-0.4, -0.2) is 9.55 Å². The molecule has 0 saturated heterocycles. The number of nitrogens with two attached hydrogens (primary N) is 1. The monoisotopic (exact) mass is 248 g/mol. The summed E-state index contributed by atoms with van der Waals surface area (Å²) in [6.45, 7) is 1.94. The molecule has 0 unspecified atom stereocenters. The fourth-order valence-electron chi connectivity index (χ4n) is 2.24. The van der Waals surface area contributed by atoms with E-state index in [9.17, 15) is 0 Å². The third kappa shape index (κ3) is 1.81. The summed E-state index contributed by atoms with van der Waals surface area (Å²) in [6, 6.07) is 13.4. The first-order chi connectivity index (χ1) is 9.19. The molecule has 0 fully saturated rings. The van der Waals surface area contributed by atoms with E-state index in [0.717, 1.165) is 22.3 Å². The number of aryl methyl sites for hydroxylation is 1. The van der Waals surface area contributed by atoms with Gasteiger partial charge in [-0.15, -0.1) is 0 Å². The molecule has 0 aliphatic rings. The van der Waals surface area contributed by atoms with Crippen molar-refractivity contribution in [3.63, 3.8) is 0 Å². The van der Waals surface area contributed by atoms with Gasteiger partial charge in [0.2, 0.25) is 0 Å². The van der Waals surface area contributed by atoms with Gasteiger partial charge in [-0.05, 0) is 43.3 Å². The van der Waals surface area contributed by atoms with Gasteiger partial charge >= 0.3 is 0 Å². The molecule has 3 rings (SSSR count).